The number of benzene rings is 3. The predicted molar refractivity (Wildman–Crippen MR) is 171 cm³/mol. The summed E-state index contributed by atoms with van der Waals surface area (Å²) in [5, 5.41) is 9.59. The molecule has 3 aromatic carbocycles. The van der Waals surface area contributed by atoms with Gasteiger partial charge in [0.15, 0.2) is 0 Å². The van der Waals surface area contributed by atoms with Gasteiger partial charge < -0.3 is 9.84 Å². The molecule has 0 atom stereocenters. The molecule has 0 amide bonds. The number of hydrogen-bond acceptors (Lipinski definition) is 4. The number of hydrogen-bond donors (Lipinski definition) is 1. The Balaban J connectivity index is 1.37. The van der Waals surface area contributed by atoms with Crippen molar-refractivity contribution in [1.29, 1.82) is 0 Å². The van der Waals surface area contributed by atoms with Gasteiger partial charge in [-0.25, -0.2) is 0 Å². The average Bonchev–Trinajstić information content (AvgIpc) is 3.45. The van der Waals surface area contributed by atoms with E-state index in [1.54, 1.807) is 4.90 Å². The Labute approximate surface area is 266 Å². The highest BCUT2D eigenvalue weighted by molar-refractivity contribution is 7.15. The van der Waals surface area contributed by atoms with Crippen LogP contribution >= 0.6 is 22.9 Å². The molecule has 0 radical (unpaired) electrons. The van der Waals surface area contributed by atoms with Crippen LogP contribution in [-0.2, 0) is 30.7 Å². The third kappa shape index (κ3) is 9.58. The quantitative estimate of drug-likeness (QED) is 0.140. The summed E-state index contributed by atoms with van der Waals surface area (Å²) in [6.07, 6.45) is 0.225. The lowest BCUT2D eigenvalue weighted by atomic mass is 9.90. The second kappa shape index (κ2) is 15.6. The minimum atomic E-state index is -4.52. The van der Waals surface area contributed by atoms with Crippen molar-refractivity contribution in [3.63, 3.8) is 0 Å². The Hall–Kier alpha value is -3.33. The molecule has 1 heterocycles. The first-order chi connectivity index (χ1) is 21.0. The number of aliphatic carboxylic acids is 1. The van der Waals surface area contributed by atoms with Crippen molar-refractivity contribution < 1.29 is 27.8 Å². The Morgan fingerprint density at radius 3 is 2.23 bits per heavy atom. The molecule has 1 N–H and O–H groups in total. The molecule has 234 valence electrons. The van der Waals surface area contributed by atoms with Crippen molar-refractivity contribution in [3.8, 4) is 16.2 Å². The van der Waals surface area contributed by atoms with E-state index in [4.69, 9.17) is 16.3 Å². The van der Waals surface area contributed by atoms with Gasteiger partial charge in [0.25, 0.3) is 0 Å². The molecule has 1 aromatic heterocycles. The largest absolute Gasteiger partial charge is 0.489 e. The molecular weight excluding hydrogens is 607 g/mol. The van der Waals surface area contributed by atoms with Gasteiger partial charge in [0.1, 0.15) is 12.4 Å². The van der Waals surface area contributed by atoms with Crippen LogP contribution in [0.4, 0.5) is 13.2 Å². The number of carbonyl (C=O) groups is 1. The number of alkyl halides is 3. The van der Waals surface area contributed by atoms with E-state index in [2.05, 4.69) is 26.0 Å². The maximum atomic E-state index is 13.2. The Bertz CT molecular complexity index is 1500. The summed E-state index contributed by atoms with van der Waals surface area (Å²) in [5.74, 6) is 0.360. The van der Waals surface area contributed by atoms with Crippen molar-refractivity contribution in [1.82, 2.24) is 4.90 Å². The molecular formula is C35H37ClF3NO3S. The zero-order valence-corrected chi connectivity index (χ0v) is 26.4. The minimum Gasteiger partial charge on any atom is -0.489 e. The third-order valence-electron chi connectivity index (χ3n) is 7.44. The number of thiophene rings is 1. The van der Waals surface area contributed by atoms with E-state index in [0.717, 1.165) is 38.8 Å². The van der Waals surface area contributed by atoms with E-state index in [1.807, 2.05) is 48.5 Å². The lowest BCUT2D eigenvalue weighted by molar-refractivity contribution is -0.139. The summed E-state index contributed by atoms with van der Waals surface area (Å²) >= 11 is 7.69. The minimum absolute atomic E-state index is 0.0300. The number of halogens is 4. The topological polar surface area (TPSA) is 49.8 Å². The maximum Gasteiger partial charge on any atom is 0.416 e. The van der Waals surface area contributed by atoms with Gasteiger partial charge in [-0.1, -0.05) is 74.7 Å². The van der Waals surface area contributed by atoms with Gasteiger partial charge in [-0.15, -0.1) is 11.3 Å². The fraction of sp³-hybridized carbons (Fsp3) is 0.343. The van der Waals surface area contributed by atoms with Gasteiger partial charge in [0, 0.05) is 27.9 Å². The zero-order chi connectivity index (χ0) is 31.7. The van der Waals surface area contributed by atoms with E-state index < -0.39 is 17.7 Å². The second-order valence-corrected chi connectivity index (χ2v) is 12.5. The van der Waals surface area contributed by atoms with Gasteiger partial charge in [0.05, 0.1) is 12.1 Å². The van der Waals surface area contributed by atoms with Crippen LogP contribution in [0.1, 0.15) is 72.6 Å². The molecule has 44 heavy (non-hydrogen) atoms. The second-order valence-electron chi connectivity index (χ2n) is 10.9. The van der Waals surface area contributed by atoms with Crippen LogP contribution in [0.25, 0.3) is 10.4 Å². The first kappa shape index (κ1) is 33.6. The normalized spacial score (nSPS) is 11.8. The van der Waals surface area contributed by atoms with Gasteiger partial charge in [0.2, 0.25) is 0 Å². The van der Waals surface area contributed by atoms with Gasteiger partial charge in [-0.05, 0) is 83.5 Å². The first-order valence-corrected chi connectivity index (χ1v) is 16.0. The maximum absolute atomic E-state index is 13.2. The highest BCUT2D eigenvalue weighted by Gasteiger charge is 2.31. The average molecular weight is 644 g/mol. The van der Waals surface area contributed by atoms with Crippen LogP contribution in [0.3, 0.4) is 0 Å². The van der Waals surface area contributed by atoms with E-state index in [0.29, 0.717) is 12.5 Å². The summed E-state index contributed by atoms with van der Waals surface area (Å²) in [4.78, 5) is 15.0. The molecule has 0 spiro atoms. The van der Waals surface area contributed by atoms with Crippen LogP contribution in [0.15, 0.2) is 78.9 Å². The Morgan fingerprint density at radius 1 is 0.932 bits per heavy atom. The molecule has 4 aromatic rings. The van der Waals surface area contributed by atoms with Crippen molar-refractivity contribution in [2.75, 3.05) is 6.54 Å². The Kier molecular flexibility index (Phi) is 11.9. The molecule has 0 saturated heterocycles. The number of nitrogens with zero attached hydrogens (tertiary/aromatic N) is 1. The van der Waals surface area contributed by atoms with Gasteiger partial charge in [-0.3, -0.25) is 9.69 Å². The molecule has 0 aliphatic carbocycles. The highest BCUT2D eigenvalue weighted by Crippen LogP contribution is 2.34. The molecule has 0 aliphatic rings. The zero-order valence-electron chi connectivity index (χ0n) is 24.9. The third-order valence-corrected chi connectivity index (χ3v) is 8.92. The molecule has 9 heteroatoms. The molecule has 0 aliphatic heterocycles. The Morgan fingerprint density at radius 2 is 1.61 bits per heavy atom. The van der Waals surface area contributed by atoms with Crippen LogP contribution < -0.4 is 4.74 Å². The summed E-state index contributed by atoms with van der Waals surface area (Å²) in [6.45, 7) is 4.79. The fourth-order valence-corrected chi connectivity index (χ4v) is 6.49. The molecule has 4 rings (SSSR count). The van der Waals surface area contributed by atoms with E-state index >= 15 is 0 Å². The lowest BCUT2D eigenvalue weighted by Crippen LogP contribution is -2.29. The van der Waals surface area contributed by atoms with Crippen LogP contribution in [-0.4, -0.2) is 22.5 Å². The lowest BCUT2D eigenvalue weighted by Gasteiger charge is -2.21. The van der Waals surface area contributed by atoms with Gasteiger partial charge in [-0.2, -0.15) is 13.2 Å². The van der Waals surface area contributed by atoms with Crippen LogP contribution in [0.2, 0.25) is 5.02 Å². The molecule has 0 saturated carbocycles. The predicted octanol–water partition coefficient (Wildman–Crippen LogP) is 10.4. The number of ether oxygens (including phenoxy) is 1. The molecule has 0 unspecified atom stereocenters. The fourth-order valence-electron chi connectivity index (χ4n) is 5.25. The van der Waals surface area contributed by atoms with Crippen molar-refractivity contribution in [2.45, 2.75) is 71.3 Å². The molecule has 4 nitrogen and oxygen atoms in total. The summed E-state index contributed by atoms with van der Waals surface area (Å²) in [7, 11) is 0. The summed E-state index contributed by atoms with van der Waals surface area (Å²) in [5.41, 5.74) is 2.82. The standard InChI is InChI=1S/C35H37ClF3NO3S/c1-3-5-25(6-4-2)26-11-14-30(15-12-26)43-23-24-7-9-27(10-8-24)33-18-16-31(44-33)21-40(22-34(41)42)20-28-19-29(35(37,38)39)13-17-32(28)36/h7-19,25H,3-6,20-23H2,1-2H3,(H,41,42). The molecule has 0 bridgehead atoms. The van der Waals surface area contributed by atoms with Gasteiger partial charge >= 0.3 is 12.1 Å². The summed E-state index contributed by atoms with van der Waals surface area (Å²) in [6, 6.07) is 23.5. The monoisotopic (exact) mass is 643 g/mol. The van der Waals surface area contributed by atoms with Crippen molar-refractivity contribution >= 4 is 28.9 Å². The summed E-state index contributed by atoms with van der Waals surface area (Å²) < 4.78 is 45.7. The molecule has 0 fully saturated rings. The van der Waals surface area contributed by atoms with E-state index in [9.17, 15) is 23.1 Å². The van der Waals surface area contributed by atoms with E-state index in [1.165, 1.54) is 48.6 Å². The van der Waals surface area contributed by atoms with Crippen molar-refractivity contribution in [3.05, 3.63) is 111 Å². The first-order valence-electron chi connectivity index (χ1n) is 14.8. The number of rotatable bonds is 15. The van der Waals surface area contributed by atoms with Crippen LogP contribution in [0.5, 0.6) is 5.75 Å². The SMILES string of the molecule is CCCC(CCC)c1ccc(OCc2ccc(-c3ccc(CN(CC(=O)O)Cc4cc(C(F)(F)F)ccc4Cl)s3)cc2)cc1. The number of carboxylic acid groups (broad SMARTS) is 1. The van der Waals surface area contributed by atoms with E-state index in [-0.39, 0.29) is 30.2 Å². The van der Waals surface area contributed by atoms with Crippen LogP contribution in [0, 0.1) is 0 Å². The van der Waals surface area contributed by atoms with Crippen molar-refractivity contribution in [2.24, 2.45) is 0 Å². The number of carboxylic acids is 1. The smallest absolute Gasteiger partial charge is 0.416 e. The highest BCUT2D eigenvalue weighted by atomic mass is 35.5.